The Labute approximate surface area is 124 Å². The quantitative estimate of drug-likeness (QED) is 0.882. The molecule has 4 heteroatoms. The highest BCUT2D eigenvalue weighted by atomic mass is 16.2. The molecule has 0 aliphatic rings. The Kier molecular flexibility index (Phi) is 5.08. The Morgan fingerprint density at radius 1 is 1.19 bits per heavy atom. The molecule has 0 aliphatic carbocycles. The van der Waals surface area contributed by atoms with Crippen LogP contribution < -0.4 is 11.1 Å². The van der Waals surface area contributed by atoms with E-state index in [-0.39, 0.29) is 5.91 Å². The van der Waals surface area contributed by atoms with Crippen LogP contribution in [0.25, 0.3) is 0 Å². The van der Waals surface area contributed by atoms with E-state index in [1.807, 2.05) is 36.4 Å². The smallest absolute Gasteiger partial charge is 0.241 e. The maximum atomic E-state index is 12.0. The molecule has 2 aromatic carbocycles. The molecule has 0 radical (unpaired) electrons. The molecular formula is C17H17N3O. The SMILES string of the molecule is N#Cc1cccc(NC(=O)[C@@H](N)CCc2ccccc2)c1. The van der Waals surface area contributed by atoms with Crippen molar-refractivity contribution in [3.05, 3.63) is 65.7 Å². The summed E-state index contributed by atoms with van der Waals surface area (Å²) in [5, 5.41) is 11.6. The lowest BCUT2D eigenvalue weighted by Gasteiger charge is -2.12. The molecule has 0 saturated carbocycles. The molecule has 2 aromatic rings. The maximum absolute atomic E-state index is 12.0. The molecule has 21 heavy (non-hydrogen) atoms. The molecule has 0 spiro atoms. The van der Waals surface area contributed by atoms with Gasteiger partial charge in [-0.05, 0) is 36.6 Å². The first-order chi connectivity index (χ1) is 10.2. The van der Waals surface area contributed by atoms with E-state index in [1.165, 1.54) is 0 Å². The number of carbonyl (C=O) groups is 1. The van der Waals surface area contributed by atoms with Crippen LogP contribution in [0.15, 0.2) is 54.6 Å². The van der Waals surface area contributed by atoms with Crippen molar-refractivity contribution in [2.24, 2.45) is 5.73 Å². The Morgan fingerprint density at radius 2 is 1.95 bits per heavy atom. The topological polar surface area (TPSA) is 78.9 Å². The molecule has 4 nitrogen and oxygen atoms in total. The average Bonchev–Trinajstić information content (AvgIpc) is 2.53. The highest BCUT2D eigenvalue weighted by Gasteiger charge is 2.13. The summed E-state index contributed by atoms with van der Waals surface area (Å²) < 4.78 is 0. The zero-order valence-electron chi connectivity index (χ0n) is 11.6. The van der Waals surface area contributed by atoms with E-state index >= 15 is 0 Å². The monoisotopic (exact) mass is 279 g/mol. The zero-order valence-corrected chi connectivity index (χ0v) is 11.6. The molecular weight excluding hydrogens is 262 g/mol. The number of nitriles is 1. The second-order valence-electron chi connectivity index (χ2n) is 4.81. The fourth-order valence-corrected chi connectivity index (χ4v) is 2.00. The summed E-state index contributed by atoms with van der Waals surface area (Å²) in [7, 11) is 0. The fourth-order valence-electron chi connectivity index (χ4n) is 2.00. The summed E-state index contributed by atoms with van der Waals surface area (Å²) in [5.74, 6) is -0.235. The van der Waals surface area contributed by atoms with Crippen LogP contribution in [0, 0.1) is 11.3 Å². The van der Waals surface area contributed by atoms with Gasteiger partial charge in [0.1, 0.15) is 0 Å². The van der Waals surface area contributed by atoms with Crippen molar-refractivity contribution in [2.45, 2.75) is 18.9 Å². The van der Waals surface area contributed by atoms with Crippen LogP contribution in [0.1, 0.15) is 17.5 Å². The third-order valence-corrected chi connectivity index (χ3v) is 3.18. The van der Waals surface area contributed by atoms with Crippen LogP contribution in [0.3, 0.4) is 0 Å². The van der Waals surface area contributed by atoms with E-state index in [4.69, 9.17) is 11.0 Å². The molecule has 0 heterocycles. The fraction of sp³-hybridized carbons (Fsp3) is 0.176. The Morgan fingerprint density at radius 3 is 2.67 bits per heavy atom. The molecule has 1 amide bonds. The van der Waals surface area contributed by atoms with Gasteiger partial charge in [-0.15, -0.1) is 0 Å². The molecule has 0 fully saturated rings. The summed E-state index contributed by atoms with van der Waals surface area (Å²) >= 11 is 0. The van der Waals surface area contributed by atoms with Gasteiger partial charge in [0.25, 0.3) is 0 Å². The number of benzene rings is 2. The van der Waals surface area contributed by atoms with Gasteiger partial charge in [0.05, 0.1) is 17.7 Å². The number of hydrogen-bond acceptors (Lipinski definition) is 3. The molecule has 2 rings (SSSR count). The zero-order chi connectivity index (χ0) is 15.1. The summed E-state index contributed by atoms with van der Waals surface area (Å²) in [6.07, 6.45) is 1.33. The molecule has 0 saturated heterocycles. The highest BCUT2D eigenvalue weighted by molar-refractivity contribution is 5.94. The Balaban J connectivity index is 1.89. The molecule has 1 atom stereocenters. The molecule has 3 N–H and O–H groups in total. The van der Waals surface area contributed by atoms with Crippen LogP contribution >= 0.6 is 0 Å². The van der Waals surface area contributed by atoms with Crippen molar-refractivity contribution in [3.8, 4) is 6.07 Å². The van der Waals surface area contributed by atoms with Crippen LogP contribution in [0.4, 0.5) is 5.69 Å². The second kappa shape index (κ2) is 7.22. The van der Waals surface area contributed by atoms with Gasteiger partial charge in [-0.1, -0.05) is 36.4 Å². The number of aryl methyl sites for hydroxylation is 1. The number of nitrogens with one attached hydrogen (secondary N) is 1. The lowest BCUT2D eigenvalue weighted by molar-refractivity contribution is -0.117. The van der Waals surface area contributed by atoms with Gasteiger partial charge in [-0.3, -0.25) is 4.79 Å². The van der Waals surface area contributed by atoms with Gasteiger partial charge < -0.3 is 11.1 Å². The standard InChI is InChI=1S/C17H17N3O/c18-12-14-7-4-8-15(11-14)20-17(21)16(19)10-9-13-5-2-1-3-6-13/h1-8,11,16H,9-10,19H2,(H,20,21)/t16-/m0/s1. The van der Waals surface area contributed by atoms with Crippen molar-refractivity contribution in [1.82, 2.24) is 0 Å². The van der Waals surface area contributed by atoms with E-state index < -0.39 is 6.04 Å². The van der Waals surface area contributed by atoms with Crippen LogP contribution in [-0.2, 0) is 11.2 Å². The first-order valence-corrected chi connectivity index (χ1v) is 6.79. The minimum atomic E-state index is -0.573. The summed E-state index contributed by atoms with van der Waals surface area (Å²) in [4.78, 5) is 12.0. The normalized spacial score (nSPS) is 11.4. The van der Waals surface area contributed by atoms with Gasteiger partial charge in [0, 0.05) is 5.69 Å². The number of rotatable bonds is 5. The van der Waals surface area contributed by atoms with Gasteiger partial charge in [-0.2, -0.15) is 5.26 Å². The molecule has 0 aromatic heterocycles. The second-order valence-corrected chi connectivity index (χ2v) is 4.81. The first-order valence-electron chi connectivity index (χ1n) is 6.79. The molecule has 0 unspecified atom stereocenters. The van der Waals surface area contributed by atoms with Gasteiger partial charge in [0.2, 0.25) is 5.91 Å². The average molecular weight is 279 g/mol. The minimum absolute atomic E-state index is 0.235. The van der Waals surface area contributed by atoms with Crippen molar-refractivity contribution in [1.29, 1.82) is 5.26 Å². The molecule has 0 aliphatic heterocycles. The maximum Gasteiger partial charge on any atom is 0.241 e. The largest absolute Gasteiger partial charge is 0.325 e. The molecule has 106 valence electrons. The lowest BCUT2D eigenvalue weighted by atomic mass is 10.1. The number of nitrogens with two attached hydrogens (primary N) is 1. The van der Waals surface area contributed by atoms with Gasteiger partial charge in [0.15, 0.2) is 0 Å². The number of hydrogen-bond donors (Lipinski definition) is 2. The number of amides is 1. The van der Waals surface area contributed by atoms with E-state index in [2.05, 4.69) is 5.32 Å². The van der Waals surface area contributed by atoms with Gasteiger partial charge in [-0.25, -0.2) is 0 Å². The van der Waals surface area contributed by atoms with Gasteiger partial charge >= 0.3 is 0 Å². The van der Waals surface area contributed by atoms with E-state index in [0.29, 0.717) is 17.7 Å². The third kappa shape index (κ3) is 4.44. The van der Waals surface area contributed by atoms with E-state index in [1.54, 1.807) is 24.3 Å². The van der Waals surface area contributed by atoms with E-state index in [9.17, 15) is 4.79 Å². The number of anilines is 1. The summed E-state index contributed by atoms with van der Waals surface area (Å²) in [6, 6.07) is 18.2. The van der Waals surface area contributed by atoms with E-state index in [0.717, 1.165) is 12.0 Å². The van der Waals surface area contributed by atoms with Crippen molar-refractivity contribution >= 4 is 11.6 Å². The Bertz CT molecular complexity index is 647. The predicted molar refractivity (Wildman–Crippen MR) is 82.5 cm³/mol. The molecule has 0 bridgehead atoms. The number of nitrogens with zero attached hydrogens (tertiary/aromatic N) is 1. The lowest BCUT2D eigenvalue weighted by Crippen LogP contribution is -2.36. The van der Waals surface area contributed by atoms with Crippen molar-refractivity contribution in [3.63, 3.8) is 0 Å². The van der Waals surface area contributed by atoms with Crippen LogP contribution in [0.5, 0.6) is 0 Å². The first kappa shape index (κ1) is 14.8. The number of carbonyl (C=O) groups excluding carboxylic acids is 1. The van der Waals surface area contributed by atoms with Crippen LogP contribution in [0.2, 0.25) is 0 Å². The highest BCUT2D eigenvalue weighted by Crippen LogP contribution is 2.11. The predicted octanol–water partition coefficient (Wildman–Crippen LogP) is 2.46. The van der Waals surface area contributed by atoms with Crippen molar-refractivity contribution < 1.29 is 4.79 Å². The minimum Gasteiger partial charge on any atom is -0.325 e. The summed E-state index contributed by atoms with van der Waals surface area (Å²) in [6.45, 7) is 0. The third-order valence-electron chi connectivity index (χ3n) is 3.18. The Hall–Kier alpha value is -2.64. The van der Waals surface area contributed by atoms with Crippen molar-refractivity contribution in [2.75, 3.05) is 5.32 Å². The van der Waals surface area contributed by atoms with Crippen LogP contribution in [-0.4, -0.2) is 11.9 Å². The summed E-state index contributed by atoms with van der Waals surface area (Å²) in [5.41, 5.74) is 8.16.